The number of rotatable bonds is 17. The number of benzene rings is 2. The van der Waals surface area contributed by atoms with Gasteiger partial charge < -0.3 is 30.0 Å². The fourth-order valence-corrected chi connectivity index (χ4v) is 7.22. The minimum atomic E-state index is -4.17. The number of ether oxygens (including phenoxy) is 3. The van der Waals surface area contributed by atoms with Crippen LogP contribution in [0.25, 0.3) is 10.4 Å². The fourth-order valence-electron chi connectivity index (χ4n) is 5.84. The van der Waals surface area contributed by atoms with E-state index < -0.39 is 58.6 Å². The van der Waals surface area contributed by atoms with Crippen molar-refractivity contribution in [2.24, 2.45) is 11.0 Å². The second kappa shape index (κ2) is 19.4. The number of amides is 2. The van der Waals surface area contributed by atoms with Gasteiger partial charge in [0.25, 0.3) is 0 Å². The van der Waals surface area contributed by atoms with E-state index in [0.717, 1.165) is 11.8 Å². The van der Waals surface area contributed by atoms with Crippen LogP contribution in [0.4, 0.5) is 14.9 Å². The number of carbonyl (C=O) groups excluding carboxylic acids is 2. The molecule has 280 valence electrons. The number of anilines is 1. The van der Waals surface area contributed by atoms with Gasteiger partial charge in [0.05, 0.1) is 42.2 Å². The number of carbonyl (C=O) groups is 2. The average molecular weight is 762 g/mol. The maximum absolute atomic E-state index is 15.4. The molecule has 3 aromatic rings. The predicted molar refractivity (Wildman–Crippen MR) is 190 cm³/mol. The smallest absolute Gasteiger partial charge is 0.407 e. The highest BCUT2D eigenvalue weighted by atomic mass is 35.5. The van der Waals surface area contributed by atoms with Gasteiger partial charge in [-0.25, -0.2) is 22.3 Å². The fraction of sp³-hybridized carbons (Fsp3) is 0.441. The number of sulfonamides is 1. The van der Waals surface area contributed by atoms with Crippen molar-refractivity contribution in [2.45, 2.75) is 61.6 Å². The molecule has 1 fully saturated rings. The van der Waals surface area contributed by atoms with Crippen LogP contribution in [0.5, 0.6) is 5.75 Å². The number of alkyl carbamates (subject to hydrolysis) is 1. The summed E-state index contributed by atoms with van der Waals surface area (Å²) >= 11 is 6.13. The Morgan fingerprint density at radius 2 is 1.85 bits per heavy atom. The van der Waals surface area contributed by atoms with Gasteiger partial charge in [0, 0.05) is 41.2 Å². The highest BCUT2D eigenvalue weighted by Gasteiger charge is 2.36. The van der Waals surface area contributed by atoms with E-state index in [4.69, 9.17) is 25.8 Å². The van der Waals surface area contributed by atoms with Crippen molar-refractivity contribution < 1.29 is 41.7 Å². The molecular formula is C34H41ClFN7O8S. The van der Waals surface area contributed by atoms with Crippen LogP contribution in [0.3, 0.4) is 0 Å². The number of hydrogen-bond donors (Lipinski definition) is 4. The van der Waals surface area contributed by atoms with Crippen molar-refractivity contribution in [1.29, 1.82) is 0 Å². The summed E-state index contributed by atoms with van der Waals surface area (Å²) in [6.07, 6.45) is 1.41. The standard InChI is InChI=1S/C34H41ClFN7O8S/c1-21(44)17-39-34(46)51-20-25(42-52(47,48)27-10-8-26(49-2)9-11-27)7-12-28-29(36)18-38-19-30(28)40-33(45)32(41-43-37)31(23-13-15-50-16-14-23)22-3-5-24(35)6-4-22/h3-6,8-11,18-19,21,23,25,31-32,42,44H,7,12-17,20H2,1-2H3,(H,39,46)(H,40,45)/t21-,25+,31+,32+/m1/s1. The third kappa shape index (κ3) is 11.5. The van der Waals surface area contributed by atoms with Crippen LogP contribution in [0, 0.1) is 11.7 Å². The summed E-state index contributed by atoms with van der Waals surface area (Å²) in [4.78, 5) is 33.0. The number of nitrogens with one attached hydrogen (secondary N) is 3. The summed E-state index contributed by atoms with van der Waals surface area (Å²) in [6.45, 7) is 1.83. The molecule has 0 spiro atoms. The highest BCUT2D eigenvalue weighted by Crippen LogP contribution is 2.37. The molecule has 4 atom stereocenters. The molecule has 1 saturated heterocycles. The number of azide groups is 1. The van der Waals surface area contributed by atoms with Gasteiger partial charge in [0.2, 0.25) is 15.9 Å². The van der Waals surface area contributed by atoms with Crippen molar-refractivity contribution in [3.63, 3.8) is 0 Å². The minimum absolute atomic E-state index is 0.00986. The molecule has 4 N–H and O–H groups in total. The van der Waals surface area contributed by atoms with Gasteiger partial charge in [-0.1, -0.05) is 28.8 Å². The molecule has 0 saturated carbocycles. The van der Waals surface area contributed by atoms with E-state index in [2.05, 4.69) is 30.4 Å². The van der Waals surface area contributed by atoms with E-state index in [0.29, 0.717) is 36.8 Å². The first-order valence-electron chi connectivity index (χ1n) is 16.5. The Bertz CT molecular complexity index is 1810. The van der Waals surface area contributed by atoms with E-state index in [1.54, 1.807) is 24.3 Å². The molecule has 52 heavy (non-hydrogen) atoms. The molecule has 0 aliphatic carbocycles. The molecule has 15 nitrogen and oxygen atoms in total. The van der Waals surface area contributed by atoms with E-state index in [9.17, 15) is 28.6 Å². The lowest BCUT2D eigenvalue weighted by atomic mass is 9.76. The molecule has 0 bridgehead atoms. The van der Waals surface area contributed by atoms with Crippen molar-refractivity contribution in [3.05, 3.63) is 93.3 Å². The van der Waals surface area contributed by atoms with Gasteiger partial charge in [-0.3, -0.25) is 9.78 Å². The van der Waals surface area contributed by atoms with Gasteiger partial charge in [-0.05, 0) is 86.0 Å². The van der Waals surface area contributed by atoms with Crippen molar-refractivity contribution in [1.82, 2.24) is 15.0 Å². The number of methoxy groups -OCH3 is 1. The largest absolute Gasteiger partial charge is 0.497 e. The number of hydrogen-bond acceptors (Lipinski definition) is 10. The van der Waals surface area contributed by atoms with Crippen LogP contribution in [-0.2, 0) is 30.7 Å². The second-order valence-electron chi connectivity index (χ2n) is 12.2. The van der Waals surface area contributed by atoms with E-state index in [-0.39, 0.29) is 41.5 Å². The van der Waals surface area contributed by atoms with Crippen molar-refractivity contribution in [3.8, 4) is 5.75 Å². The molecule has 18 heteroatoms. The molecule has 1 aliphatic heterocycles. The maximum atomic E-state index is 15.4. The van der Waals surface area contributed by atoms with Gasteiger partial charge >= 0.3 is 6.09 Å². The molecule has 2 amide bonds. The summed E-state index contributed by atoms with van der Waals surface area (Å²) in [5.74, 6) is -1.70. The molecule has 0 unspecified atom stereocenters. The number of halogens is 2. The molecule has 1 aromatic heterocycles. The summed E-state index contributed by atoms with van der Waals surface area (Å²) in [5.41, 5.74) is 10.2. The van der Waals surface area contributed by atoms with Crippen LogP contribution in [0.15, 0.2) is 70.9 Å². The van der Waals surface area contributed by atoms with Crippen LogP contribution in [0.2, 0.25) is 5.02 Å². The van der Waals surface area contributed by atoms with Crippen LogP contribution >= 0.6 is 11.6 Å². The topological polar surface area (TPSA) is 214 Å². The Hall–Kier alpha value is -4.51. The van der Waals surface area contributed by atoms with Crippen molar-refractivity contribution >= 4 is 39.3 Å². The van der Waals surface area contributed by atoms with Crippen LogP contribution < -0.4 is 20.1 Å². The quantitative estimate of drug-likeness (QED) is 0.0817. The first-order valence-corrected chi connectivity index (χ1v) is 18.3. The Labute approximate surface area is 305 Å². The van der Waals surface area contributed by atoms with Crippen molar-refractivity contribution in [2.75, 3.05) is 38.8 Å². The molecule has 0 radical (unpaired) electrons. The molecule has 2 heterocycles. The molecule has 4 rings (SSSR count). The summed E-state index contributed by atoms with van der Waals surface area (Å²) in [6, 6.07) is 10.2. The zero-order valence-corrected chi connectivity index (χ0v) is 30.1. The average Bonchev–Trinajstić information content (AvgIpc) is 3.13. The maximum Gasteiger partial charge on any atom is 0.407 e. The van der Waals surface area contributed by atoms with E-state index in [1.165, 1.54) is 44.5 Å². The van der Waals surface area contributed by atoms with E-state index >= 15 is 4.39 Å². The Morgan fingerprint density at radius 1 is 1.15 bits per heavy atom. The number of pyridine rings is 1. The third-order valence-corrected chi connectivity index (χ3v) is 10.3. The van der Waals surface area contributed by atoms with Gasteiger partial charge in [-0.2, -0.15) is 0 Å². The normalized spacial score (nSPS) is 15.7. The lowest BCUT2D eigenvalue weighted by Gasteiger charge is -2.34. The zero-order chi connectivity index (χ0) is 37.7. The molecule has 1 aliphatic rings. The Kier molecular flexibility index (Phi) is 15.0. The summed E-state index contributed by atoms with van der Waals surface area (Å²) < 4.78 is 60.4. The zero-order valence-electron chi connectivity index (χ0n) is 28.6. The SMILES string of the molecule is COc1ccc(S(=O)(=O)N[C@@H](CCc2c(F)cncc2NC(=O)[C@@H](N=[N+]=[N-])[C@@H](c2ccc(Cl)cc2)C2CCOCC2)COC(=O)NC[C@@H](C)O)cc1. The summed E-state index contributed by atoms with van der Waals surface area (Å²) in [5, 5.41) is 18.9. The lowest BCUT2D eigenvalue weighted by molar-refractivity contribution is -0.118. The highest BCUT2D eigenvalue weighted by molar-refractivity contribution is 7.89. The lowest BCUT2D eigenvalue weighted by Crippen LogP contribution is -2.41. The molecule has 2 aromatic carbocycles. The van der Waals surface area contributed by atoms with Gasteiger partial charge in [-0.15, -0.1) is 0 Å². The first-order chi connectivity index (χ1) is 24.9. The Balaban J connectivity index is 1.58. The number of aliphatic hydroxyl groups excluding tert-OH is 1. The minimum Gasteiger partial charge on any atom is -0.497 e. The number of aromatic nitrogens is 1. The second-order valence-corrected chi connectivity index (χ2v) is 14.3. The van der Waals surface area contributed by atoms with E-state index in [1.807, 2.05) is 0 Å². The summed E-state index contributed by atoms with van der Waals surface area (Å²) in [7, 11) is -2.73. The predicted octanol–water partition coefficient (Wildman–Crippen LogP) is 5.10. The van der Waals surface area contributed by atoms with Gasteiger partial charge in [0.15, 0.2) is 0 Å². The molecular weight excluding hydrogens is 721 g/mol. The monoisotopic (exact) mass is 761 g/mol. The van der Waals surface area contributed by atoms with Crippen LogP contribution in [0.1, 0.15) is 43.2 Å². The number of aliphatic hydroxyl groups is 1. The van der Waals surface area contributed by atoms with Gasteiger partial charge in [0.1, 0.15) is 24.2 Å². The third-order valence-electron chi connectivity index (χ3n) is 8.47. The Morgan fingerprint density at radius 3 is 2.48 bits per heavy atom. The number of nitrogens with zero attached hydrogens (tertiary/aromatic N) is 4. The van der Waals surface area contributed by atoms with Crippen LogP contribution in [-0.4, -0.2) is 82.2 Å². The first kappa shape index (κ1) is 40.3.